The fraction of sp³-hybridized carbons (Fsp3) is 0.873. The number of ether oxygens (including phenoxy) is 14. The van der Waals surface area contributed by atoms with E-state index >= 15 is 0 Å². The summed E-state index contributed by atoms with van der Waals surface area (Å²) < 4.78 is 76.3. The summed E-state index contributed by atoms with van der Waals surface area (Å²) in [6.45, 7) is 71.1. The first-order valence-electron chi connectivity index (χ1n) is 53.6. The predicted octanol–water partition coefficient (Wildman–Crippen LogP) is 17.3. The molecule has 15 saturated heterocycles. The van der Waals surface area contributed by atoms with E-state index < -0.39 is 11.0 Å². The van der Waals surface area contributed by atoms with Crippen molar-refractivity contribution in [3.05, 3.63) is 0 Å². The molecule has 18 aliphatic rings. The lowest BCUT2D eigenvalue weighted by molar-refractivity contribution is -0.165. The van der Waals surface area contributed by atoms with Gasteiger partial charge in [-0.15, -0.1) is 47.0 Å². The Morgan fingerprint density at radius 1 is 0.317 bits per heavy atom. The van der Waals surface area contributed by atoms with Crippen LogP contribution in [0.4, 0.5) is 0 Å². The molecule has 32 heteroatoms. The van der Waals surface area contributed by atoms with Gasteiger partial charge in [0.25, 0.3) is 0 Å². The van der Waals surface area contributed by atoms with Crippen molar-refractivity contribution in [2.75, 3.05) is 46.2 Å². The molecular formula is C110H170O28S4. The highest BCUT2D eigenvalue weighted by Gasteiger charge is 2.79. The van der Waals surface area contributed by atoms with Crippen LogP contribution in [0.5, 0.6) is 0 Å². The molecule has 0 aromatic carbocycles. The first kappa shape index (κ1) is 115. The SMILES string of the molecule is CC(C)COC(=O)C1C2CC(C(=O)O2)C(C(C)C)C1C.CC(C)COC(=O)C1C2OC(=O)C3(C)C2SC1C3C(C)C.CC(C)COC(=O)C1C2OC(=O)C3C2SC1(C)C3C(C)C.CC(C)COC(=O)C1C2OC(=O)C3C2SC1C3C(C)C.CC(C)COC(=O)C1C2SC3C(C(=O)OC31C)C2C(C)C.CC(C)COC(=O)C1CC(C(C)C)C2C(=O)OC1C2C.CC(C)COC(=O)C1CC(C(C)C)C2CC1OC2=O. The Balaban J connectivity index is 0.000000148. The van der Waals surface area contributed by atoms with Gasteiger partial charge in [0, 0.05) is 26.4 Å². The van der Waals surface area contributed by atoms with Gasteiger partial charge in [-0.05, 0) is 177 Å². The number of hydrogen-bond acceptors (Lipinski definition) is 32. The topological polar surface area (TPSA) is 368 Å². The van der Waals surface area contributed by atoms with Gasteiger partial charge in [0.15, 0.2) is 0 Å². The van der Waals surface area contributed by atoms with Crippen LogP contribution in [0.1, 0.15) is 254 Å². The van der Waals surface area contributed by atoms with E-state index in [1.165, 1.54) is 0 Å². The smallest absolute Gasteiger partial charge is 0.314 e. The molecule has 15 heterocycles. The van der Waals surface area contributed by atoms with Crippen LogP contribution in [-0.4, -0.2) is 214 Å². The monoisotopic (exact) mass is 2070 g/mol. The average molecular weight is 2070 g/mol. The zero-order valence-corrected chi connectivity index (χ0v) is 93.9. The highest BCUT2D eigenvalue weighted by molar-refractivity contribution is 8.02. The number of fused-ring (bicyclic) bond motifs is 10. The Hall–Kier alpha value is -6.02. The Labute approximate surface area is 861 Å². The van der Waals surface area contributed by atoms with Crippen molar-refractivity contribution in [3.63, 3.8) is 0 Å². The molecule has 18 rings (SSSR count). The minimum absolute atomic E-state index is 0.0100. The summed E-state index contributed by atoms with van der Waals surface area (Å²) in [6, 6.07) is 0. The van der Waals surface area contributed by atoms with E-state index in [9.17, 15) is 67.1 Å². The Kier molecular flexibility index (Phi) is 37.0. The third-order valence-corrected chi connectivity index (χ3v) is 41.3. The van der Waals surface area contributed by atoms with E-state index in [-0.39, 0.29) is 292 Å². The number of carbonyl (C=O) groups excluding carboxylic acids is 14. The Morgan fingerprint density at radius 2 is 0.725 bits per heavy atom. The van der Waals surface area contributed by atoms with Crippen molar-refractivity contribution >= 4 is 131 Å². The molecule has 38 unspecified atom stereocenters. The van der Waals surface area contributed by atoms with Gasteiger partial charge in [0.2, 0.25) is 0 Å². The molecule has 14 bridgehead atoms. The van der Waals surface area contributed by atoms with Gasteiger partial charge in [0.1, 0.15) is 65.9 Å². The van der Waals surface area contributed by atoms with Gasteiger partial charge < -0.3 is 66.3 Å². The van der Waals surface area contributed by atoms with Crippen molar-refractivity contribution in [2.45, 2.75) is 338 Å². The zero-order valence-electron chi connectivity index (χ0n) is 90.6. The van der Waals surface area contributed by atoms with Crippen LogP contribution in [-0.2, 0) is 133 Å². The van der Waals surface area contributed by atoms with Gasteiger partial charge in [-0.2, -0.15) is 0 Å². The summed E-state index contributed by atoms with van der Waals surface area (Å²) in [4.78, 5) is 172. The normalized spacial score (nSPS) is 40.0. The molecule has 0 spiro atoms. The standard InChI is InChI=1S/3C16H24O4S.2C16H26O4.C15H22O4S.C15H24O4/c1-7(2)6-19-14(17)9-11-13-16(5,15(18)20-11)10(8(3)4)12(9)21-13;1-7(2)6-19-15(18)11-12-13-9(14(17)20-12)10(8(3)4)16(11,5)21-13;1-7(2)6-19-15(18)11-12-9(8(3)4)10-13(21-12)16(11,5)20-14(10)17;1-8(2)7-19-16(18)14-10(5)13(9(3)4)11-6-12(14)20-15(11)17;1-8(2)7-19-15(17)12-6-11(9(3)4)13-10(5)14(12)20-16(13)18;1-6(2)5-18-14(16)10-11-13-9(15(17)19-11)8(7(3)4)12(10)20-13;1-8(2)7-18-14(16)12-5-10(9(3)4)11-6-13(12)19-15(11)17/h3*7-13H,6H2,1-5H3;2*8-14H,6-7H2,1-5H3;6-13H,5H2,1-4H3;8-13H,5-7H2,1-4H3. The minimum Gasteiger partial charge on any atom is -0.465 e. The second-order valence-electron chi connectivity index (χ2n) is 50.0. The molecule has 802 valence electrons. The highest BCUT2D eigenvalue weighted by Crippen LogP contribution is 2.72. The molecule has 142 heavy (non-hydrogen) atoms. The number of rotatable bonds is 28. The van der Waals surface area contributed by atoms with Crippen LogP contribution in [0.15, 0.2) is 0 Å². The molecular weight excluding hydrogens is 1900 g/mol. The third-order valence-electron chi connectivity index (χ3n) is 33.7. The van der Waals surface area contributed by atoms with E-state index in [0.29, 0.717) is 148 Å². The zero-order chi connectivity index (χ0) is 105. The lowest BCUT2D eigenvalue weighted by Gasteiger charge is -2.39. The van der Waals surface area contributed by atoms with E-state index in [4.69, 9.17) is 66.3 Å². The maximum Gasteiger partial charge on any atom is 0.314 e. The van der Waals surface area contributed by atoms with Crippen LogP contribution < -0.4 is 0 Å². The molecule has 0 N–H and O–H groups in total. The van der Waals surface area contributed by atoms with Crippen LogP contribution in [0, 0.1) is 218 Å². The molecule has 0 aromatic rings. The van der Waals surface area contributed by atoms with Gasteiger partial charge in [0.05, 0.1) is 126 Å². The molecule has 15 aliphatic heterocycles. The van der Waals surface area contributed by atoms with Gasteiger partial charge in [-0.3, -0.25) is 67.1 Å². The molecule has 0 amide bonds. The summed E-state index contributed by atoms with van der Waals surface area (Å²) in [7, 11) is 0. The molecule has 3 saturated carbocycles. The van der Waals surface area contributed by atoms with Gasteiger partial charge >= 0.3 is 83.6 Å². The van der Waals surface area contributed by atoms with E-state index in [1.54, 1.807) is 47.0 Å². The first-order chi connectivity index (χ1) is 66.3. The Bertz CT molecular complexity index is 4480. The van der Waals surface area contributed by atoms with Crippen LogP contribution in [0.2, 0.25) is 0 Å². The highest BCUT2D eigenvalue weighted by atomic mass is 32.2. The summed E-state index contributed by atoms with van der Waals surface area (Å²) in [5.74, 6) is 2.14. The van der Waals surface area contributed by atoms with Gasteiger partial charge in [-0.1, -0.05) is 208 Å². The molecule has 18 fully saturated rings. The van der Waals surface area contributed by atoms with Crippen LogP contribution in [0.3, 0.4) is 0 Å². The average Bonchev–Trinajstić information content (AvgIpc) is 1.52. The predicted molar refractivity (Wildman–Crippen MR) is 538 cm³/mol. The summed E-state index contributed by atoms with van der Waals surface area (Å²) in [5, 5.41) is 0.995. The number of thioether (sulfide) groups is 4. The number of esters is 14. The second kappa shape index (κ2) is 45.8. The maximum absolute atomic E-state index is 12.6. The largest absolute Gasteiger partial charge is 0.465 e. The quantitative estimate of drug-likeness (QED) is 0.0518. The third kappa shape index (κ3) is 22.4. The van der Waals surface area contributed by atoms with Gasteiger partial charge in [-0.25, -0.2) is 0 Å². The lowest BCUT2D eigenvalue weighted by Crippen LogP contribution is -2.51. The minimum atomic E-state index is -0.670. The molecule has 28 nitrogen and oxygen atoms in total. The molecule has 38 atom stereocenters. The summed E-state index contributed by atoms with van der Waals surface area (Å²) in [5.41, 5.74) is -1.10. The van der Waals surface area contributed by atoms with Crippen LogP contribution in [0.25, 0.3) is 0 Å². The summed E-state index contributed by atoms with van der Waals surface area (Å²) >= 11 is 7.10. The second-order valence-corrected chi connectivity index (χ2v) is 55.7. The summed E-state index contributed by atoms with van der Waals surface area (Å²) in [6.07, 6.45) is 1.13. The first-order valence-corrected chi connectivity index (χ1v) is 57.3. The van der Waals surface area contributed by atoms with Crippen molar-refractivity contribution in [1.82, 2.24) is 0 Å². The van der Waals surface area contributed by atoms with Crippen molar-refractivity contribution < 1.29 is 133 Å². The van der Waals surface area contributed by atoms with E-state index in [2.05, 4.69) is 111 Å². The van der Waals surface area contributed by atoms with Crippen molar-refractivity contribution in [3.8, 4) is 0 Å². The lowest BCUT2D eigenvalue weighted by atomic mass is 9.61. The molecule has 3 aliphatic carbocycles. The Morgan fingerprint density at radius 3 is 1.22 bits per heavy atom. The van der Waals surface area contributed by atoms with Crippen molar-refractivity contribution in [1.29, 1.82) is 0 Å². The fourth-order valence-corrected chi connectivity index (χ4v) is 37.1. The molecule has 0 radical (unpaired) electrons. The maximum atomic E-state index is 12.6. The van der Waals surface area contributed by atoms with Crippen LogP contribution >= 0.6 is 47.0 Å². The number of carbonyl (C=O) groups is 14. The van der Waals surface area contributed by atoms with E-state index in [0.717, 1.165) is 6.42 Å². The van der Waals surface area contributed by atoms with E-state index in [1.807, 2.05) is 118 Å². The number of hydrogen-bond donors (Lipinski definition) is 0. The molecule has 0 aromatic heterocycles. The fourth-order valence-electron chi connectivity index (χ4n) is 27.6. The van der Waals surface area contributed by atoms with Crippen molar-refractivity contribution in [2.24, 2.45) is 218 Å².